The van der Waals surface area contributed by atoms with E-state index in [9.17, 15) is 14.4 Å². The molecule has 0 saturated heterocycles. The lowest BCUT2D eigenvalue weighted by Crippen LogP contribution is -2.67. The number of nitrogens with one attached hydrogen (secondary N) is 2. The van der Waals surface area contributed by atoms with Crippen molar-refractivity contribution < 1.29 is 14.4 Å². The highest BCUT2D eigenvalue weighted by Gasteiger charge is 2.52. The highest BCUT2D eigenvalue weighted by molar-refractivity contribution is 7.19. The first-order chi connectivity index (χ1) is 16.7. The number of amides is 3. The standard InChI is InChI=1S/C27H38N4O3S/c1-16-17(2)35-25-21(16)22(28-18(3)32)23-24(33)31(20-13-9-10-14-20)27(4,15-30(23)25)26(34)29-19-11-7-5-6-8-12-19/h19-20H,5-15H2,1-4H3,(H,28,32)(H,29,34). The van der Waals surface area contributed by atoms with Crippen LogP contribution in [0.25, 0.3) is 10.2 Å². The largest absolute Gasteiger partial charge is 0.351 e. The molecule has 2 aromatic heterocycles. The maximum absolute atomic E-state index is 14.3. The summed E-state index contributed by atoms with van der Waals surface area (Å²) in [6.07, 6.45) is 10.7. The van der Waals surface area contributed by atoms with Crippen molar-refractivity contribution in [2.45, 2.75) is 116 Å². The van der Waals surface area contributed by atoms with E-state index in [-0.39, 0.29) is 29.8 Å². The fourth-order valence-corrected chi connectivity index (χ4v) is 7.69. The van der Waals surface area contributed by atoms with Gasteiger partial charge < -0.3 is 20.1 Å². The maximum Gasteiger partial charge on any atom is 0.273 e. The van der Waals surface area contributed by atoms with Gasteiger partial charge in [-0.2, -0.15) is 0 Å². The molecule has 3 heterocycles. The quantitative estimate of drug-likeness (QED) is 0.563. The molecule has 0 aromatic carbocycles. The van der Waals surface area contributed by atoms with Crippen LogP contribution in [0, 0.1) is 13.8 Å². The molecule has 0 radical (unpaired) electrons. The third-order valence-electron chi connectivity index (χ3n) is 8.46. The van der Waals surface area contributed by atoms with Crippen LogP contribution in [0.2, 0.25) is 0 Å². The number of nitrogens with zero attached hydrogens (tertiary/aromatic N) is 2. The molecule has 2 saturated carbocycles. The van der Waals surface area contributed by atoms with E-state index in [1.807, 2.05) is 23.3 Å². The van der Waals surface area contributed by atoms with Crippen LogP contribution in [0.1, 0.15) is 99.0 Å². The summed E-state index contributed by atoms with van der Waals surface area (Å²) >= 11 is 1.64. The molecule has 1 unspecified atom stereocenters. The van der Waals surface area contributed by atoms with Crippen molar-refractivity contribution in [2.24, 2.45) is 0 Å². The number of carbonyl (C=O) groups is 3. The zero-order valence-electron chi connectivity index (χ0n) is 21.5. The second kappa shape index (κ2) is 9.26. The van der Waals surface area contributed by atoms with Crippen molar-refractivity contribution in [1.29, 1.82) is 0 Å². The highest BCUT2D eigenvalue weighted by Crippen LogP contribution is 2.46. The van der Waals surface area contributed by atoms with E-state index in [0.717, 1.165) is 72.0 Å². The van der Waals surface area contributed by atoms with Crippen LogP contribution in [0.3, 0.4) is 0 Å². The normalized spacial score (nSPS) is 24.0. The van der Waals surface area contributed by atoms with Gasteiger partial charge in [0.25, 0.3) is 5.91 Å². The Hall–Kier alpha value is -2.35. The molecular formula is C27H38N4O3S. The van der Waals surface area contributed by atoms with E-state index in [1.165, 1.54) is 19.8 Å². The number of anilines is 1. The molecule has 5 rings (SSSR count). The number of aromatic nitrogens is 1. The second-order valence-corrected chi connectivity index (χ2v) is 12.2. The molecule has 3 amide bonds. The number of aryl methyl sites for hydroxylation is 2. The number of rotatable bonds is 4. The molecule has 2 fully saturated rings. The van der Waals surface area contributed by atoms with Crippen LogP contribution in [-0.4, -0.2) is 44.8 Å². The van der Waals surface area contributed by atoms with Crippen LogP contribution in [-0.2, 0) is 16.1 Å². The Balaban J connectivity index is 1.62. The fourth-order valence-electron chi connectivity index (χ4n) is 6.52. The first kappa shape index (κ1) is 24.3. The van der Waals surface area contributed by atoms with Crippen LogP contribution >= 0.6 is 11.3 Å². The molecule has 2 aliphatic carbocycles. The Labute approximate surface area is 211 Å². The van der Waals surface area contributed by atoms with Crippen molar-refractivity contribution in [3.63, 3.8) is 0 Å². The van der Waals surface area contributed by atoms with E-state index in [2.05, 4.69) is 17.6 Å². The Morgan fingerprint density at radius 2 is 1.63 bits per heavy atom. The van der Waals surface area contributed by atoms with Gasteiger partial charge in [0.2, 0.25) is 11.8 Å². The zero-order valence-corrected chi connectivity index (χ0v) is 22.3. The molecule has 1 atom stereocenters. The minimum atomic E-state index is -0.976. The zero-order chi connectivity index (χ0) is 24.9. The van der Waals surface area contributed by atoms with E-state index < -0.39 is 5.54 Å². The molecule has 2 aromatic rings. The van der Waals surface area contributed by atoms with Crippen LogP contribution in [0.5, 0.6) is 0 Å². The fraction of sp³-hybridized carbons (Fsp3) is 0.667. The Morgan fingerprint density at radius 1 is 1.00 bits per heavy atom. The van der Waals surface area contributed by atoms with Crippen molar-refractivity contribution >= 4 is 45.0 Å². The van der Waals surface area contributed by atoms with Crippen molar-refractivity contribution in [3.8, 4) is 0 Å². The van der Waals surface area contributed by atoms with Crippen LogP contribution in [0.4, 0.5) is 5.69 Å². The number of hydrogen-bond donors (Lipinski definition) is 2. The van der Waals surface area contributed by atoms with Gasteiger partial charge in [-0.25, -0.2) is 0 Å². The molecule has 8 heteroatoms. The number of carbonyl (C=O) groups excluding carboxylic acids is 3. The first-order valence-electron chi connectivity index (χ1n) is 13.3. The van der Waals surface area contributed by atoms with Crippen LogP contribution < -0.4 is 10.6 Å². The summed E-state index contributed by atoms with van der Waals surface area (Å²) in [7, 11) is 0. The summed E-state index contributed by atoms with van der Waals surface area (Å²) in [5.74, 6) is -0.364. The maximum atomic E-state index is 14.3. The number of hydrogen-bond acceptors (Lipinski definition) is 4. The Kier molecular flexibility index (Phi) is 6.45. The summed E-state index contributed by atoms with van der Waals surface area (Å²) in [5, 5.41) is 7.28. The summed E-state index contributed by atoms with van der Waals surface area (Å²) in [6, 6.07) is 0.219. The van der Waals surface area contributed by atoms with Crippen molar-refractivity contribution in [3.05, 3.63) is 16.1 Å². The molecular weight excluding hydrogens is 460 g/mol. The SMILES string of the molecule is CC(=O)Nc1c2n(c3sc(C)c(C)c13)CC(C)(C(=O)NC1CCCCCC1)N(C1CCCC1)C2=O. The molecule has 2 N–H and O–H groups in total. The summed E-state index contributed by atoms with van der Waals surface area (Å²) in [6.45, 7) is 7.95. The van der Waals surface area contributed by atoms with Gasteiger partial charge in [-0.3, -0.25) is 14.4 Å². The van der Waals surface area contributed by atoms with E-state index >= 15 is 0 Å². The molecule has 3 aliphatic rings. The van der Waals surface area contributed by atoms with Crippen LogP contribution in [0.15, 0.2) is 0 Å². The second-order valence-electron chi connectivity index (χ2n) is 11.0. The molecule has 1 aliphatic heterocycles. The number of thiophene rings is 1. The summed E-state index contributed by atoms with van der Waals surface area (Å²) < 4.78 is 2.02. The molecule has 190 valence electrons. The van der Waals surface area contributed by atoms with E-state index in [0.29, 0.717) is 17.9 Å². The Morgan fingerprint density at radius 3 is 2.26 bits per heavy atom. The first-order valence-corrected chi connectivity index (χ1v) is 14.1. The third-order valence-corrected chi connectivity index (χ3v) is 9.69. The topological polar surface area (TPSA) is 83.4 Å². The van der Waals surface area contributed by atoms with Gasteiger partial charge in [0.1, 0.15) is 16.1 Å². The lowest BCUT2D eigenvalue weighted by molar-refractivity contribution is -0.135. The minimum absolute atomic E-state index is 0.0387. The van der Waals surface area contributed by atoms with Gasteiger partial charge in [0, 0.05) is 29.3 Å². The molecule has 0 spiro atoms. The summed E-state index contributed by atoms with van der Waals surface area (Å²) in [4.78, 5) is 44.5. The van der Waals surface area contributed by atoms with Gasteiger partial charge in [-0.05, 0) is 52.0 Å². The predicted molar refractivity (Wildman–Crippen MR) is 140 cm³/mol. The van der Waals surface area contributed by atoms with Gasteiger partial charge >= 0.3 is 0 Å². The van der Waals surface area contributed by atoms with Gasteiger partial charge in [0.15, 0.2) is 0 Å². The molecule has 0 bridgehead atoms. The minimum Gasteiger partial charge on any atom is -0.351 e. The Bertz CT molecular complexity index is 1170. The third kappa shape index (κ3) is 4.07. The van der Waals surface area contributed by atoms with Gasteiger partial charge in [-0.1, -0.05) is 38.5 Å². The average Bonchev–Trinajstić information content (AvgIpc) is 3.42. The number of fused-ring (bicyclic) bond motifs is 3. The lowest BCUT2D eigenvalue weighted by Gasteiger charge is -2.47. The highest BCUT2D eigenvalue weighted by atomic mass is 32.1. The predicted octanol–water partition coefficient (Wildman–Crippen LogP) is 5.27. The van der Waals surface area contributed by atoms with Crippen molar-refractivity contribution in [1.82, 2.24) is 14.8 Å². The van der Waals surface area contributed by atoms with Gasteiger partial charge in [0.05, 0.1) is 12.2 Å². The monoisotopic (exact) mass is 498 g/mol. The molecule has 35 heavy (non-hydrogen) atoms. The summed E-state index contributed by atoms with van der Waals surface area (Å²) in [5.41, 5.74) is 1.24. The van der Waals surface area contributed by atoms with Crippen molar-refractivity contribution in [2.75, 3.05) is 5.32 Å². The lowest BCUT2D eigenvalue weighted by atomic mass is 9.91. The smallest absolute Gasteiger partial charge is 0.273 e. The van der Waals surface area contributed by atoms with E-state index in [1.54, 1.807) is 11.3 Å². The molecule has 7 nitrogen and oxygen atoms in total. The van der Waals surface area contributed by atoms with E-state index in [4.69, 9.17) is 0 Å². The van der Waals surface area contributed by atoms with Gasteiger partial charge in [-0.15, -0.1) is 11.3 Å². The average molecular weight is 499 g/mol.